The largest absolute Gasteiger partial charge is 0.481 e. The molecule has 1 aromatic rings. The molecule has 1 aromatic carbocycles. The van der Waals surface area contributed by atoms with Crippen LogP contribution in [0.2, 0.25) is 0 Å². The Balaban J connectivity index is 1.63. The van der Waals surface area contributed by atoms with Crippen molar-refractivity contribution in [3.8, 4) is 0 Å². The number of carbonyl (C=O) groups is 7. The predicted molar refractivity (Wildman–Crippen MR) is 209 cm³/mol. The van der Waals surface area contributed by atoms with Gasteiger partial charge in [-0.3, -0.25) is 33.6 Å². The summed E-state index contributed by atoms with van der Waals surface area (Å²) in [7, 11) is 0. The Morgan fingerprint density at radius 3 is 1.96 bits per heavy atom. The molecule has 13 N–H and O–H groups in total. The molecule has 1 aliphatic heterocycles. The summed E-state index contributed by atoms with van der Waals surface area (Å²) >= 11 is 0. The van der Waals surface area contributed by atoms with E-state index in [2.05, 4.69) is 31.9 Å². The molecule has 8 atom stereocenters. The molecule has 18 nitrogen and oxygen atoms in total. The SMILES string of the molecule is NCCC[C@@H](CC(=O)N[C@@H]1CCCC[C@H]1C(=O)N[C@H](CC(=O)N[C@@H](CCC(=O)O)CC(=O)O)Cc1ccccc1)NC(=O)C[C@H](CO)NC(=O)[C@@H]1CNCC[C@H]1N. The quantitative estimate of drug-likeness (QED) is 0.0600. The van der Waals surface area contributed by atoms with E-state index in [0.717, 1.165) is 18.4 Å². The number of hydrogen-bond acceptors (Lipinski definition) is 11. The Bertz CT molecular complexity index is 1480. The standard InChI is InChI=1S/C39H62N8O10/c40-15-6-9-25(43-34(50)20-28(23-48)46-39(57)30-22-42-16-14-31(30)41)18-35(51)47-32-11-5-4-10-29(32)38(56)45-27(17-24-7-2-1-3-8-24)19-33(49)44-26(21-37(54)55)12-13-36(52)53/h1-3,7-8,25-32,42,48H,4-6,9-23,40-41H2,(H,43,50)(H,44,49)(H,45,56)(H,46,57)(H,47,51)(H,52,53)(H,54,55)/t25-,26-,27-,28+,29+,30+,31+,32+/m0/s1. The van der Waals surface area contributed by atoms with Gasteiger partial charge < -0.3 is 58.7 Å². The van der Waals surface area contributed by atoms with Gasteiger partial charge in [-0.25, -0.2) is 0 Å². The Kier molecular flexibility index (Phi) is 20.4. The first-order chi connectivity index (χ1) is 27.3. The molecule has 318 valence electrons. The number of aliphatic hydroxyl groups excluding tert-OH is 1. The van der Waals surface area contributed by atoms with Gasteiger partial charge >= 0.3 is 11.9 Å². The van der Waals surface area contributed by atoms with Crippen molar-refractivity contribution in [1.82, 2.24) is 31.9 Å². The van der Waals surface area contributed by atoms with Gasteiger partial charge in [0.05, 0.1) is 30.9 Å². The highest BCUT2D eigenvalue weighted by Crippen LogP contribution is 2.26. The van der Waals surface area contributed by atoms with E-state index in [0.29, 0.717) is 51.7 Å². The molecule has 5 amide bonds. The van der Waals surface area contributed by atoms with Crippen LogP contribution in [0.1, 0.15) is 89.0 Å². The summed E-state index contributed by atoms with van der Waals surface area (Å²) < 4.78 is 0. The van der Waals surface area contributed by atoms with Crippen LogP contribution < -0.4 is 43.4 Å². The second-order valence-electron chi connectivity index (χ2n) is 15.2. The van der Waals surface area contributed by atoms with E-state index in [4.69, 9.17) is 16.6 Å². The molecule has 57 heavy (non-hydrogen) atoms. The molecule has 1 saturated carbocycles. The Hall–Kier alpha value is -4.65. The molecular formula is C39H62N8O10. The maximum absolute atomic E-state index is 13.9. The van der Waals surface area contributed by atoms with Crippen molar-refractivity contribution in [2.75, 3.05) is 26.2 Å². The summed E-state index contributed by atoms with van der Waals surface area (Å²) in [6.45, 7) is 0.964. The normalized spacial score (nSPS) is 21.5. The molecule has 0 radical (unpaired) electrons. The first-order valence-corrected chi connectivity index (χ1v) is 20.0. The van der Waals surface area contributed by atoms with Crippen LogP contribution in [-0.4, -0.2) is 119 Å². The lowest BCUT2D eigenvalue weighted by Crippen LogP contribution is -2.54. The highest BCUT2D eigenvalue weighted by molar-refractivity contribution is 5.85. The summed E-state index contributed by atoms with van der Waals surface area (Å²) in [5.74, 6) is -5.48. The number of amides is 5. The molecule has 1 heterocycles. The topological polar surface area (TPSA) is 304 Å². The summed E-state index contributed by atoms with van der Waals surface area (Å²) in [6.07, 6.45) is 3.03. The zero-order valence-corrected chi connectivity index (χ0v) is 32.6. The molecule has 18 heteroatoms. The average molecular weight is 803 g/mol. The molecular weight excluding hydrogens is 740 g/mol. The summed E-state index contributed by atoms with van der Waals surface area (Å²) in [5, 5.41) is 45.6. The van der Waals surface area contributed by atoms with Crippen molar-refractivity contribution >= 4 is 41.5 Å². The molecule has 2 fully saturated rings. The van der Waals surface area contributed by atoms with Crippen LogP contribution in [0.5, 0.6) is 0 Å². The maximum atomic E-state index is 13.9. The van der Waals surface area contributed by atoms with E-state index in [1.807, 2.05) is 30.3 Å². The zero-order chi connectivity index (χ0) is 41.7. The van der Waals surface area contributed by atoms with Crippen LogP contribution in [0.4, 0.5) is 0 Å². The number of carboxylic acid groups (broad SMARTS) is 2. The van der Waals surface area contributed by atoms with E-state index < -0.39 is 78.8 Å². The Morgan fingerprint density at radius 1 is 0.719 bits per heavy atom. The fourth-order valence-electron chi connectivity index (χ4n) is 7.47. The summed E-state index contributed by atoms with van der Waals surface area (Å²) in [5.41, 5.74) is 12.7. The van der Waals surface area contributed by atoms with Crippen LogP contribution in [0.15, 0.2) is 30.3 Å². The van der Waals surface area contributed by atoms with Crippen molar-refractivity contribution in [2.45, 2.75) is 126 Å². The fourth-order valence-corrected chi connectivity index (χ4v) is 7.47. The van der Waals surface area contributed by atoms with Crippen LogP contribution in [-0.2, 0) is 40.0 Å². The minimum atomic E-state index is -1.19. The van der Waals surface area contributed by atoms with E-state index in [1.54, 1.807) is 0 Å². The lowest BCUT2D eigenvalue weighted by atomic mass is 9.83. The maximum Gasteiger partial charge on any atom is 0.305 e. The van der Waals surface area contributed by atoms with Gasteiger partial charge in [-0.05, 0) is 63.6 Å². The van der Waals surface area contributed by atoms with Crippen molar-refractivity contribution in [3.63, 3.8) is 0 Å². The van der Waals surface area contributed by atoms with E-state index >= 15 is 0 Å². The molecule has 0 unspecified atom stereocenters. The zero-order valence-electron chi connectivity index (χ0n) is 32.6. The number of benzene rings is 1. The summed E-state index contributed by atoms with van der Waals surface area (Å²) in [4.78, 5) is 88.9. The van der Waals surface area contributed by atoms with Gasteiger partial charge in [-0.1, -0.05) is 43.2 Å². The smallest absolute Gasteiger partial charge is 0.305 e. The molecule has 1 saturated heterocycles. The van der Waals surface area contributed by atoms with Gasteiger partial charge in [0.25, 0.3) is 0 Å². The first kappa shape index (κ1) is 46.7. The highest BCUT2D eigenvalue weighted by Gasteiger charge is 2.35. The second-order valence-corrected chi connectivity index (χ2v) is 15.2. The number of nitrogens with one attached hydrogen (secondary N) is 6. The Morgan fingerprint density at radius 2 is 1.33 bits per heavy atom. The van der Waals surface area contributed by atoms with E-state index in [1.165, 1.54) is 0 Å². The van der Waals surface area contributed by atoms with Crippen molar-refractivity contribution in [1.29, 1.82) is 0 Å². The average Bonchev–Trinajstić information content (AvgIpc) is 3.16. The lowest BCUT2D eigenvalue weighted by Gasteiger charge is -2.33. The third kappa shape index (κ3) is 17.6. The van der Waals surface area contributed by atoms with Gasteiger partial charge in [0.1, 0.15) is 0 Å². The van der Waals surface area contributed by atoms with Crippen LogP contribution in [0, 0.1) is 11.8 Å². The number of piperidine rings is 1. The molecule has 0 spiro atoms. The number of hydrogen-bond donors (Lipinski definition) is 11. The van der Waals surface area contributed by atoms with Crippen LogP contribution in [0.3, 0.4) is 0 Å². The minimum absolute atomic E-state index is 0.0707. The van der Waals surface area contributed by atoms with Crippen molar-refractivity contribution in [3.05, 3.63) is 35.9 Å². The van der Waals surface area contributed by atoms with Gasteiger partial charge in [-0.15, -0.1) is 0 Å². The van der Waals surface area contributed by atoms with Crippen LogP contribution >= 0.6 is 0 Å². The third-order valence-corrected chi connectivity index (χ3v) is 10.5. The first-order valence-electron chi connectivity index (χ1n) is 20.0. The number of rotatable bonds is 24. The number of carboxylic acids is 2. The van der Waals surface area contributed by atoms with Gasteiger partial charge in [0, 0.05) is 62.4 Å². The van der Waals surface area contributed by atoms with Gasteiger partial charge in [-0.2, -0.15) is 0 Å². The van der Waals surface area contributed by atoms with Crippen molar-refractivity contribution < 1.29 is 48.9 Å². The Labute approximate surface area is 333 Å². The molecule has 2 aliphatic rings. The minimum Gasteiger partial charge on any atom is -0.481 e. The molecule has 0 aromatic heterocycles. The summed E-state index contributed by atoms with van der Waals surface area (Å²) in [6, 6.07) is 5.29. The van der Waals surface area contributed by atoms with Gasteiger partial charge in [0.15, 0.2) is 0 Å². The number of aliphatic hydroxyl groups is 1. The van der Waals surface area contributed by atoms with E-state index in [9.17, 15) is 43.8 Å². The number of aliphatic carboxylic acids is 2. The number of nitrogens with two attached hydrogens (primary N) is 2. The number of carbonyl (C=O) groups excluding carboxylic acids is 5. The monoisotopic (exact) mass is 802 g/mol. The molecule has 1 aliphatic carbocycles. The second kappa shape index (κ2) is 24.9. The highest BCUT2D eigenvalue weighted by atomic mass is 16.4. The lowest BCUT2D eigenvalue weighted by molar-refractivity contribution is -0.140. The fraction of sp³-hybridized carbons (Fsp3) is 0.667. The van der Waals surface area contributed by atoms with E-state index in [-0.39, 0.29) is 62.3 Å². The van der Waals surface area contributed by atoms with Gasteiger partial charge in [0.2, 0.25) is 29.5 Å². The van der Waals surface area contributed by atoms with Crippen LogP contribution in [0.25, 0.3) is 0 Å². The molecule has 0 bridgehead atoms. The molecule has 3 rings (SSSR count). The third-order valence-electron chi connectivity index (χ3n) is 10.5. The van der Waals surface area contributed by atoms with Crippen molar-refractivity contribution in [2.24, 2.45) is 23.3 Å². The predicted octanol–water partition coefficient (Wildman–Crippen LogP) is -0.979.